The first kappa shape index (κ1) is 16.7. The topological polar surface area (TPSA) is 61.6 Å². The summed E-state index contributed by atoms with van der Waals surface area (Å²) in [6.45, 7) is 2.10. The summed E-state index contributed by atoms with van der Waals surface area (Å²) in [5.41, 5.74) is 3.70. The van der Waals surface area contributed by atoms with E-state index >= 15 is 0 Å². The third-order valence-electron chi connectivity index (χ3n) is 4.05. The lowest BCUT2D eigenvalue weighted by atomic mass is 10.0. The van der Waals surface area contributed by atoms with Crippen LogP contribution in [0.5, 0.6) is 0 Å². The Morgan fingerprint density at radius 3 is 2.69 bits per heavy atom. The highest BCUT2D eigenvalue weighted by Gasteiger charge is 2.17. The largest absolute Gasteiger partial charge is 0.340 e. The molecule has 0 unspecified atom stereocenters. The van der Waals surface area contributed by atoms with Crippen molar-refractivity contribution in [3.63, 3.8) is 0 Å². The number of nitriles is 1. The summed E-state index contributed by atoms with van der Waals surface area (Å²) in [7, 11) is 0. The molecule has 2 heterocycles. The number of fused-ring (bicyclic) bond motifs is 1. The Labute approximate surface area is 163 Å². The van der Waals surface area contributed by atoms with E-state index in [-0.39, 0.29) is 0 Å². The van der Waals surface area contributed by atoms with Crippen LogP contribution < -0.4 is 5.32 Å². The molecule has 4 rings (SSSR count). The Balaban J connectivity index is 1.88. The standard InChI is InChI=1S/C20H13BrN4S/c1-12-17(14-5-7-15(21)8-6-14)18-19(23-11-24-20(18)26-12)25-16-4-2-3-13(9-16)10-22/h2-9,11H,1H3,(H,23,24,25). The molecular formula is C20H13BrN4S. The lowest BCUT2D eigenvalue weighted by Gasteiger charge is -2.09. The molecule has 0 amide bonds. The molecule has 4 aromatic rings. The van der Waals surface area contributed by atoms with Crippen molar-refractivity contribution in [2.45, 2.75) is 6.92 Å². The van der Waals surface area contributed by atoms with Crippen LogP contribution >= 0.6 is 27.3 Å². The Morgan fingerprint density at radius 2 is 1.92 bits per heavy atom. The van der Waals surface area contributed by atoms with Crippen molar-refractivity contribution in [2.75, 3.05) is 5.32 Å². The summed E-state index contributed by atoms with van der Waals surface area (Å²) in [6, 6.07) is 17.8. The zero-order chi connectivity index (χ0) is 18.1. The number of halogens is 1. The Bertz CT molecular complexity index is 1140. The minimum atomic E-state index is 0.606. The van der Waals surface area contributed by atoms with Gasteiger partial charge in [-0.05, 0) is 42.8 Å². The first-order valence-electron chi connectivity index (χ1n) is 7.93. The van der Waals surface area contributed by atoms with Gasteiger partial charge < -0.3 is 5.32 Å². The average molecular weight is 421 g/mol. The minimum Gasteiger partial charge on any atom is -0.340 e. The van der Waals surface area contributed by atoms with Gasteiger partial charge in [0.25, 0.3) is 0 Å². The maximum Gasteiger partial charge on any atom is 0.143 e. The number of thiophene rings is 1. The van der Waals surface area contributed by atoms with Gasteiger partial charge in [-0.3, -0.25) is 0 Å². The number of hydrogen-bond donors (Lipinski definition) is 1. The van der Waals surface area contributed by atoms with E-state index in [9.17, 15) is 0 Å². The lowest BCUT2D eigenvalue weighted by molar-refractivity contribution is 1.23. The van der Waals surface area contributed by atoms with Crippen LogP contribution in [0.2, 0.25) is 0 Å². The number of rotatable bonds is 3. The zero-order valence-electron chi connectivity index (χ0n) is 13.8. The van der Waals surface area contributed by atoms with E-state index in [4.69, 9.17) is 5.26 Å². The van der Waals surface area contributed by atoms with Crippen molar-refractivity contribution in [3.05, 3.63) is 69.8 Å². The summed E-state index contributed by atoms with van der Waals surface area (Å²) in [4.78, 5) is 11.0. The second kappa shape index (κ2) is 6.87. The first-order chi connectivity index (χ1) is 12.7. The molecule has 2 aromatic heterocycles. The maximum absolute atomic E-state index is 9.11. The zero-order valence-corrected chi connectivity index (χ0v) is 16.2. The van der Waals surface area contributed by atoms with E-state index in [0.29, 0.717) is 5.56 Å². The molecule has 4 nitrogen and oxygen atoms in total. The molecule has 0 saturated carbocycles. The molecule has 0 bridgehead atoms. The Kier molecular flexibility index (Phi) is 4.41. The monoisotopic (exact) mass is 420 g/mol. The van der Waals surface area contributed by atoms with Gasteiger partial charge in [0.2, 0.25) is 0 Å². The van der Waals surface area contributed by atoms with Gasteiger partial charge in [0.1, 0.15) is 17.0 Å². The number of aryl methyl sites for hydroxylation is 1. The summed E-state index contributed by atoms with van der Waals surface area (Å²) in [5.74, 6) is 0.743. The highest BCUT2D eigenvalue weighted by atomic mass is 79.9. The van der Waals surface area contributed by atoms with E-state index in [0.717, 1.165) is 37.3 Å². The highest BCUT2D eigenvalue weighted by Crippen LogP contribution is 2.41. The van der Waals surface area contributed by atoms with Crippen molar-refractivity contribution in [1.29, 1.82) is 5.26 Å². The number of benzene rings is 2. The van der Waals surface area contributed by atoms with Crippen LogP contribution in [-0.2, 0) is 0 Å². The third-order valence-corrected chi connectivity index (χ3v) is 5.59. The predicted molar refractivity (Wildman–Crippen MR) is 110 cm³/mol. The van der Waals surface area contributed by atoms with Gasteiger partial charge in [0.15, 0.2) is 0 Å². The van der Waals surface area contributed by atoms with E-state index in [1.807, 2.05) is 30.3 Å². The Hall–Kier alpha value is -2.75. The molecule has 26 heavy (non-hydrogen) atoms. The van der Waals surface area contributed by atoms with Gasteiger partial charge in [-0.2, -0.15) is 5.26 Å². The fraction of sp³-hybridized carbons (Fsp3) is 0.0500. The second-order valence-corrected chi connectivity index (χ2v) is 7.88. The molecule has 0 aliphatic carbocycles. The number of nitrogens with zero attached hydrogens (tertiary/aromatic N) is 3. The second-order valence-electron chi connectivity index (χ2n) is 5.76. The molecule has 2 aromatic carbocycles. The summed E-state index contributed by atoms with van der Waals surface area (Å²) in [5, 5.41) is 13.5. The summed E-state index contributed by atoms with van der Waals surface area (Å²) < 4.78 is 1.04. The average Bonchev–Trinajstić information content (AvgIpc) is 2.99. The molecule has 126 valence electrons. The van der Waals surface area contributed by atoms with Crippen LogP contribution in [0.1, 0.15) is 10.4 Å². The minimum absolute atomic E-state index is 0.606. The van der Waals surface area contributed by atoms with Crippen LogP contribution in [0.15, 0.2) is 59.3 Å². The molecular weight excluding hydrogens is 408 g/mol. The van der Waals surface area contributed by atoms with Crippen LogP contribution in [0.25, 0.3) is 21.3 Å². The molecule has 0 radical (unpaired) electrons. The van der Waals surface area contributed by atoms with Crippen molar-refractivity contribution in [1.82, 2.24) is 9.97 Å². The van der Waals surface area contributed by atoms with Gasteiger partial charge in [-0.1, -0.05) is 34.1 Å². The van der Waals surface area contributed by atoms with Crippen molar-refractivity contribution >= 4 is 49.0 Å². The van der Waals surface area contributed by atoms with Gasteiger partial charge in [0.05, 0.1) is 17.0 Å². The van der Waals surface area contributed by atoms with Crippen LogP contribution in [0.4, 0.5) is 11.5 Å². The van der Waals surface area contributed by atoms with Gasteiger partial charge in [0, 0.05) is 20.6 Å². The summed E-state index contributed by atoms with van der Waals surface area (Å²) in [6.07, 6.45) is 1.57. The number of anilines is 2. The molecule has 1 N–H and O–H groups in total. The van der Waals surface area contributed by atoms with Gasteiger partial charge in [-0.25, -0.2) is 9.97 Å². The maximum atomic E-state index is 9.11. The van der Waals surface area contributed by atoms with Crippen molar-refractivity contribution < 1.29 is 0 Å². The molecule has 0 atom stereocenters. The molecule has 0 aliphatic rings. The fourth-order valence-corrected chi connectivity index (χ4v) is 4.18. The third kappa shape index (κ3) is 3.07. The predicted octanol–water partition coefficient (Wildman–Crippen LogP) is 6.04. The molecule has 6 heteroatoms. The molecule has 0 spiro atoms. The smallest absolute Gasteiger partial charge is 0.143 e. The number of nitrogens with one attached hydrogen (secondary N) is 1. The number of aromatic nitrogens is 2. The van der Waals surface area contributed by atoms with E-state index in [1.165, 1.54) is 4.88 Å². The molecule has 0 aliphatic heterocycles. The van der Waals surface area contributed by atoms with Crippen molar-refractivity contribution in [3.8, 4) is 17.2 Å². The van der Waals surface area contributed by atoms with E-state index < -0.39 is 0 Å². The lowest BCUT2D eigenvalue weighted by Crippen LogP contribution is -1.96. The SMILES string of the molecule is Cc1sc2ncnc(Nc3cccc(C#N)c3)c2c1-c1ccc(Br)cc1. The highest BCUT2D eigenvalue weighted by molar-refractivity contribution is 9.10. The van der Waals surface area contributed by atoms with Crippen LogP contribution in [0, 0.1) is 18.3 Å². The quantitative estimate of drug-likeness (QED) is 0.438. The van der Waals surface area contributed by atoms with E-state index in [1.54, 1.807) is 23.7 Å². The summed E-state index contributed by atoms with van der Waals surface area (Å²) >= 11 is 5.14. The van der Waals surface area contributed by atoms with Crippen LogP contribution in [0.3, 0.4) is 0 Å². The van der Waals surface area contributed by atoms with Crippen LogP contribution in [-0.4, -0.2) is 9.97 Å². The molecule has 0 fully saturated rings. The first-order valence-corrected chi connectivity index (χ1v) is 9.54. The normalized spacial score (nSPS) is 10.7. The fourth-order valence-electron chi connectivity index (χ4n) is 2.91. The van der Waals surface area contributed by atoms with E-state index in [2.05, 4.69) is 56.3 Å². The van der Waals surface area contributed by atoms with Gasteiger partial charge >= 0.3 is 0 Å². The number of hydrogen-bond acceptors (Lipinski definition) is 5. The van der Waals surface area contributed by atoms with Gasteiger partial charge in [-0.15, -0.1) is 11.3 Å². The van der Waals surface area contributed by atoms with Crippen molar-refractivity contribution in [2.24, 2.45) is 0 Å². The molecule has 0 saturated heterocycles. The Morgan fingerprint density at radius 1 is 1.12 bits per heavy atom.